The van der Waals surface area contributed by atoms with E-state index in [9.17, 15) is 18.0 Å². The SMILES string of the molecule is Cc1cc([C@@H](C)Nc2ccc(Cl)nc2C(=O)NS(C)(=O)=O)c2nc(-c3ccc4nn(C)cc4n3)n(C)c(=O)c2c1. The van der Waals surface area contributed by atoms with Crippen LogP contribution in [-0.4, -0.2) is 49.9 Å². The molecule has 0 aliphatic heterocycles. The van der Waals surface area contributed by atoms with E-state index < -0.39 is 22.0 Å². The summed E-state index contributed by atoms with van der Waals surface area (Å²) in [5.74, 6) is -0.554. The molecular weight excluding hydrogens is 556 g/mol. The second-order valence-electron chi connectivity index (χ2n) is 9.55. The third-order valence-corrected chi connectivity index (χ3v) is 7.02. The monoisotopic (exact) mass is 580 g/mol. The van der Waals surface area contributed by atoms with E-state index in [0.29, 0.717) is 33.5 Å². The number of benzene rings is 1. The van der Waals surface area contributed by atoms with Crippen LogP contribution in [0, 0.1) is 6.92 Å². The summed E-state index contributed by atoms with van der Waals surface area (Å²) in [4.78, 5) is 39.8. The van der Waals surface area contributed by atoms with Crippen LogP contribution in [0.15, 0.2) is 47.4 Å². The van der Waals surface area contributed by atoms with E-state index in [-0.39, 0.29) is 22.1 Å². The van der Waals surface area contributed by atoms with Crippen molar-refractivity contribution in [2.45, 2.75) is 19.9 Å². The van der Waals surface area contributed by atoms with Crippen LogP contribution in [0.25, 0.3) is 33.5 Å². The number of aryl methyl sites for hydroxylation is 2. The Kier molecular flexibility index (Phi) is 6.80. The molecule has 1 atom stereocenters. The molecule has 1 amide bonds. The average Bonchev–Trinajstić information content (AvgIpc) is 3.25. The van der Waals surface area contributed by atoms with Crippen molar-refractivity contribution >= 4 is 55.2 Å². The van der Waals surface area contributed by atoms with Gasteiger partial charge in [-0.15, -0.1) is 0 Å². The highest BCUT2D eigenvalue weighted by Crippen LogP contribution is 2.29. The molecule has 1 aromatic carbocycles. The molecular formula is C26H25ClN8O4S. The lowest BCUT2D eigenvalue weighted by molar-refractivity contribution is 0.0977. The Bertz CT molecular complexity index is 2000. The minimum Gasteiger partial charge on any atom is -0.377 e. The van der Waals surface area contributed by atoms with Gasteiger partial charge in [-0.1, -0.05) is 17.7 Å². The number of halogens is 1. The Morgan fingerprint density at radius 3 is 2.52 bits per heavy atom. The fourth-order valence-electron chi connectivity index (χ4n) is 4.51. The van der Waals surface area contributed by atoms with Crippen molar-refractivity contribution in [3.05, 3.63) is 74.9 Å². The summed E-state index contributed by atoms with van der Waals surface area (Å²) in [5, 5.41) is 8.00. The number of nitrogens with zero attached hydrogens (tertiary/aromatic N) is 6. The molecule has 4 heterocycles. The van der Waals surface area contributed by atoms with Crippen molar-refractivity contribution < 1.29 is 13.2 Å². The van der Waals surface area contributed by atoms with Crippen molar-refractivity contribution in [2.75, 3.05) is 11.6 Å². The normalized spacial score (nSPS) is 12.6. The quantitative estimate of drug-likeness (QED) is 0.288. The minimum absolute atomic E-state index is 0.0192. The Hall–Kier alpha value is -4.36. The number of anilines is 1. The smallest absolute Gasteiger partial charge is 0.285 e. The van der Waals surface area contributed by atoms with Crippen LogP contribution in [-0.2, 0) is 24.1 Å². The number of aromatic nitrogens is 6. The molecule has 12 nitrogen and oxygen atoms in total. The molecule has 0 aliphatic carbocycles. The number of carbonyl (C=O) groups excluding carboxylic acids is 1. The summed E-state index contributed by atoms with van der Waals surface area (Å²) < 4.78 is 28.4. The molecule has 0 spiro atoms. The third kappa shape index (κ3) is 5.25. The van der Waals surface area contributed by atoms with Gasteiger partial charge in [0.2, 0.25) is 10.0 Å². The molecule has 0 radical (unpaired) electrons. The molecule has 0 saturated carbocycles. The number of nitrogens with one attached hydrogen (secondary N) is 2. The number of sulfonamides is 1. The molecule has 0 unspecified atom stereocenters. The number of fused-ring (bicyclic) bond motifs is 2. The van der Waals surface area contributed by atoms with Crippen LogP contribution in [0.2, 0.25) is 5.15 Å². The van der Waals surface area contributed by atoms with Gasteiger partial charge in [0.15, 0.2) is 11.5 Å². The summed E-state index contributed by atoms with van der Waals surface area (Å²) in [5.41, 5.74) is 3.69. The molecule has 0 fully saturated rings. The number of rotatable bonds is 6. The Morgan fingerprint density at radius 2 is 1.80 bits per heavy atom. The Labute approximate surface area is 234 Å². The standard InChI is InChI=1S/C26H25ClN8O4S/c1-13-10-15(14(2)28-18-8-9-21(27)30-23(18)25(36)33-40(5,38)39)22-16(11-13)26(37)35(4)24(31-22)19-7-6-17-20(29-19)12-34(3)32-17/h6-12,14,28H,1-5H3,(H,33,36)/t14-/m1/s1. The molecule has 40 heavy (non-hydrogen) atoms. The fraction of sp³-hybridized carbons (Fsp3) is 0.231. The maximum absolute atomic E-state index is 13.5. The first-order valence-corrected chi connectivity index (χ1v) is 14.3. The highest BCUT2D eigenvalue weighted by Gasteiger charge is 2.22. The average molecular weight is 581 g/mol. The number of pyridine rings is 2. The van der Waals surface area contributed by atoms with Crippen LogP contribution >= 0.6 is 11.6 Å². The van der Waals surface area contributed by atoms with Gasteiger partial charge in [-0.05, 0) is 49.7 Å². The molecule has 0 aliphatic rings. The van der Waals surface area contributed by atoms with Gasteiger partial charge >= 0.3 is 0 Å². The lowest BCUT2D eigenvalue weighted by Crippen LogP contribution is -2.31. The van der Waals surface area contributed by atoms with Crippen molar-refractivity contribution in [3.63, 3.8) is 0 Å². The van der Waals surface area contributed by atoms with Crippen LogP contribution < -0.4 is 15.6 Å². The number of hydrogen-bond donors (Lipinski definition) is 2. The molecule has 0 bridgehead atoms. The third-order valence-electron chi connectivity index (χ3n) is 6.25. The number of amides is 1. The topological polar surface area (TPSA) is 154 Å². The van der Waals surface area contributed by atoms with Gasteiger partial charge < -0.3 is 5.32 Å². The second kappa shape index (κ2) is 9.99. The minimum atomic E-state index is -3.84. The second-order valence-corrected chi connectivity index (χ2v) is 11.7. The van der Waals surface area contributed by atoms with Gasteiger partial charge in [-0.25, -0.2) is 28.1 Å². The van der Waals surface area contributed by atoms with E-state index >= 15 is 0 Å². The van der Waals surface area contributed by atoms with Crippen LogP contribution in [0.1, 0.15) is 34.6 Å². The predicted octanol–water partition coefficient (Wildman–Crippen LogP) is 3.10. The largest absolute Gasteiger partial charge is 0.377 e. The molecule has 0 saturated heterocycles. The first-order chi connectivity index (χ1) is 18.8. The van der Waals surface area contributed by atoms with Gasteiger partial charge in [-0.3, -0.25) is 18.8 Å². The first kappa shape index (κ1) is 27.2. The van der Waals surface area contributed by atoms with Gasteiger partial charge in [0.1, 0.15) is 21.9 Å². The van der Waals surface area contributed by atoms with E-state index in [1.165, 1.54) is 16.7 Å². The number of hydrogen-bond acceptors (Lipinski definition) is 9. The lowest BCUT2D eigenvalue weighted by Gasteiger charge is -2.20. The zero-order valence-electron chi connectivity index (χ0n) is 22.2. The molecule has 2 N–H and O–H groups in total. The zero-order valence-corrected chi connectivity index (χ0v) is 23.8. The van der Waals surface area contributed by atoms with E-state index in [4.69, 9.17) is 16.6 Å². The predicted molar refractivity (Wildman–Crippen MR) is 153 cm³/mol. The van der Waals surface area contributed by atoms with Crippen LogP contribution in [0.3, 0.4) is 0 Å². The fourth-order valence-corrected chi connectivity index (χ4v) is 5.09. The van der Waals surface area contributed by atoms with E-state index in [0.717, 1.165) is 17.3 Å². The molecule has 5 aromatic rings. The van der Waals surface area contributed by atoms with E-state index in [1.807, 2.05) is 30.7 Å². The lowest BCUT2D eigenvalue weighted by atomic mass is 10.0. The maximum atomic E-state index is 13.5. The van der Waals surface area contributed by atoms with E-state index in [1.54, 1.807) is 37.1 Å². The molecule has 5 rings (SSSR count). The highest BCUT2D eigenvalue weighted by molar-refractivity contribution is 7.89. The molecule has 206 valence electrons. The van der Waals surface area contributed by atoms with Crippen molar-refractivity contribution in [2.24, 2.45) is 14.1 Å². The maximum Gasteiger partial charge on any atom is 0.285 e. The Morgan fingerprint density at radius 1 is 1.05 bits per heavy atom. The summed E-state index contributed by atoms with van der Waals surface area (Å²) in [6.07, 6.45) is 2.66. The van der Waals surface area contributed by atoms with Crippen molar-refractivity contribution in [1.82, 2.24) is 34.0 Å². The summed E-state index contributed by atoms with van der Waals surface area (Å²) >= 11 is 6.00. The van der Waals surface area contributed by atoms with Crippen molar-refractivity contribution in [3.8, 4) is 11.5 Å². The zero-order chi connectivity index (χ0) is 28.9. The molecule has 4 aromatic heterocycles. The van der Waals surface area contributed by atoms with Crippen LogP contribution in [0.4, 0.5) is 5.69 Å². The van der Waals surface area contributed by atoms with Gasteiger partial charge in [-0.2, -0.15) is 5.10 Å². The first-order valence-electron chi connectivity index (χ1n) is 12.1. The van der Waals surface area contributed by atoms with Gasteiger partial charge in [0.05, 0.1) is 35.1 Å². The number of carbonyl (C=O) groups is 1. The summed E-state index contributed by atoms with van der Waals surface area (Å²) in [6.45, 7) is 3.70. The summed E-state index contributed by atoms with van der Waals surface area (Å²) in [7, 11) is -0.383. The van der Waals surface area contributed by atoms with Gasteiger partial charge in [0.25, 0.3) is 11.5 Å². The highest BCUT2D eigenvalue weighted by atomic mass is 35.5. The Balaban J connectivity index is 1.62. The van der Waals surface area contributed by atoms with Gasteiger partial charge in [0, 0.05) is 19.7 Å². The summed E-state index contributed by atoms with van der Waals surface area (Å²) in [6, 6.07) is 9.79. The van der Waals surface area contributed by atoms with Crippen molar-refractivity contribution in [1.29, 1.82) is 0 Å². The molecule has 14 heteroatoms. The van der Waals surface area contributed by atoms with E-state index in [2.05, 4.69) is 20.4 Å². The van der Waals surface area contributed by atoms with Crippen LogP contribution in [0.5, 0.6) is 0 Å².